The number of carbonyl (C=O) groups excluding carboxylic acids is 3. The Hall–Kier alpha value is 0.240. The molecule has 0 heterocycles. The van der Waals surface area contributed by atoms with Crippen molar-refractivity contribution in [2.45, 2.75) is 101 Å². The van der Waals surface area contributed by atoms with E-state index in [-0.39, 0.29) is 147 Å². The maximum atomic E-state index is 10.1. The Morgan fingerprint density at radius 2 is 0.806 bits per heavy atom. The quantitative estimate of drug-likeness (QED) is 0.219. The number of hydrogen-bond acceptors (Lipinski definition) is 9. The van der Waals surface area contributed by atoms with Gasteiger partial charge in [0.2, 0.25) is 0 Å². The van der Waals surface area contributed by atoms with E-state index in [1.807, 2.05) is 41.5 Å². The van der Waals surface area contributed by atoms with Crippen LogP contribution in [-0.2, 0) is 29.2 Å². The third-order valence-electron chi connectivity index (χ3n) is 0.396. The number of rotatable bonds is 2. The first-order valence-corrected chi connectivity index (χ1v) is 5.15. The van der Waals surface area contributed by atoms with Gasteiger partial charge < -0.3 is 26.1 Å². The van der Waals surface area contributed by atoms with Gasteiger partial charge in [0.15, 0.2) is 0 Å². The molecule has 0 aliphatic heterocycles. The second-order valence-electron chi connectivity index (χ2n) is 1.01. The molecule has 0 aromatic carbocycles. The van der Waals surface area contributed by atoms with Gasteiger partial charge in [0.25, 0.3) is 0 Å². The Balaban J connectivity index is -0.00000000637. The van der Waals surface area contributed by atoms with Gasteiger partial charge in [-0.2, -0.15) is 24.6 Å². The molecule has 0 amide bonds. The Morgan fingerprint density at radius 1 is 0.581 bits per heavy atom. The van der Waals surface area contributed by atoms with Crippen LogP contribution >= 0.6 is 0 Å². The van der Waals surface area contributed by atoms with Crippen molar-refractivity contribution >= 4 is 18.8 Å². The molecule has 0 saturated carbocycles. The van der Waals surface area contributed by atoms with E-state index >= 15 is 0 Å². The fourth-order valence-electron chi connectivity index (χ4n) is 0.148. The SMILES string of the molecule is C.C.C.C.C.C.C.C.CC.CC.CC.O.O.O.O=[C-]OOC(=O)OOC(=O)OO.[La].[La]. The van der Waals surface area contributed by atoms with Crippen LogP contribution in [0.25, 0.3) is 0 Å². The molecule has 12 nitrogen and oxygen atoms in total. The van der Waals surface area contributed by atoms with E-state index in [0.717, 1.165) is 0 Å². The van der Waals surface area contributed by atoms with Gasteiger partial charge in [-0.15, -0.1) is 0 Å². The normalized spacial score (nSPS) is 3.58. The van der Waals surface area contributed by atoms with Crippen molar-refractivity contribution in [3.8, 4) is 0 Å². The van der Waals surface area contributed by atoms with Gasteiger partial charge in [-0.1, -0.05) is 101 Å². The molecule has 0 aromatic rings. The van der Waals surface area contributed by atoms with Gasteiger partial charge in [0.05, 0.1) is 0 Å². The van der Waals surface area contributed by atoms with Crippen LogP contribution in [-0.4, -0.2) is 40.5 Å². The third-order valence-corrected chi connectivity index (χ3v) is 0.396. The van der Waals surface area contributed by atoms with E-state index in [4.69, 9.17) is 5.26 Å². The fourth-order valence-corrected chi connectivity index (χ4v) is 0.148. The summed E-state index contributed by atoms with van der Waals surface area (Å²) in [5.74, 6) is 0. The van der Waals surface area contributed by atoms with E-state index in [2.05, 4.69) is 24.4 Å². The monoisotopic (exact) mass is 731 g/mol. The zero-order chi connectivity index (χ0) is 15.4. The van der Waals surface area contributed by atoms with Crippen LogP contribution in [0.1, 0.15) is 101 Å². The van der Waals surface area contributed by atoms with Gasteiger partial charge in [-0.3, -0.25) is 4.89 Å². The van der Waals surface area contributed by atoms with Gasteiger partial charge in [0, 0.05) is 71.2 Å². The average molecular weight is 731 g/mol. The first-order chi connectivity index (χ1) is 8.70. The summed E-state index contributed by atoms with van der Waals surface area (Å²) >= 11 is 0. The summed E-state index contributed by atoms with van der Waals surface area (Å²) in [5, 5.41) is 7.52. The van der Waals surface area contributed by atoms with Crippen molar-refractivity contribution in [2.75, 3.05) is 0 Å². The van der Waals surface area contributed by atoms with Crippen LogP contribution in [0.3, 0.4) is 0 Å². The van der Waals surface area contributed by atoms with Gasteiger partial charge in [-0.25, -0.2) is 4.89 Å². The summed E-state index contributed by atoms with van der Waals surface area (Å²) in [7, 11) is 0. The molecule has 0 saturated heterocycles. The van der Waals surface area contributed by atoms with Crippen LogP contribution in [0, 0.1) is 71.2 Å². The molecular formula is C17H57La2O12-. The molecule has 0 fully saturated rings. The van der Waals surface area contributed by atoms with E-state index in [0.29, 0.717) is 6.47 Å². The standard InChI is InChI=1S/C3HO9.3C2H6.8CH4.2La.3H2O/c4-1-8-10-3(6)12-11-2(5)9-7;3*1-2;;;;;;;;;;;;;/h7H;3*1-2H3;8*1H4;;;3*1H2/q-1;;;;;;;;;;;;;;;;. The van der Waals surface area contributed by atoms with Crippen molar-refractivity contribution in [3.63, 3.8) is 0 Å². The molecule has 14 heteroatoms. The largest absolute Gasteiger partial charge is 0.589 e. The van der Waals surface area contributed by atoms with E-state index in [1.54, 1.807) is 0 Å². The van der Waals surface area contributed by atoms with Gasteiger partial charge in [0.1, 0.15) is 0 Å². The van der Waals surface area contributed by atoms with Gasteiger partial charge >= 0.3 is 12.3 Å². The molecule has 0 aliphatic carbocycles. The fraction of sp³-hybridized carbons (Fsp3) is 0.824. The van der Waals surface area contributed by atoms with Crippen molar-refractivity contribution < 1.29 is 132 Å². The van der Waals surface area contributed by atoms with Gasteiger partial charge in [-0.05, 0) is 6.47 Å². The summed E-state index contributed by atoms with van der Waals surface area (Å²) in [6, 6.07) is 0. The van der Waals surface area contributed by atoms with E-state index < -0.39 is 12.3 Å². The van der Waals surface area contributed by atoms with Crippen LogP contribution in [0.2, 0.25) is 0 Å². The Labute approximate surface area is 249 Å². The summed E-state index contributed by atoms with van der Waals surface area (Å²) < 4.78 is 0. The van der Waals surface area contributed by atoms with E-state index in [9.17, 15) is 14.4 Å². The Morgan fingerprint density at radius 3 is 1.00 bits per heavy atom. The molecule has 0 bridgehead atoms. The molecule has 0 spiro atoms. The van der Waals surface area contributed by atoms with Crippen LogP contribution in [0.4, 0.5) is 9.59 Å². The third kappa shape index (κ3) is 191. The maximum absolute atomic E-state index is 10.1. The zero-order valence-electron chi connectivity index (χ0n) is 13.9. The molecule has 7 N–H and O–H groups in total. The predicted octanol–water partition coefficient (Wildman–Crippen LogP) is 5.37. The molecule has 0 unspecified atom stereocenters. The minimum Gasteiger partial charge on any atom is -0.494 e. The Bertz CT molecular complexity index is 202. The van der Waals surface area contributed by atoms with Crippen molar-refractivity contribution in [2.24, 2.45) is 0 Å². The maximum Gasteiger partial charge on any atom is 0.589 e. The molecule has 0 aromatic heterocycles. The minimum absolute atomic E-state index is 0. The molecule has 0 rings (SSSR count). The van der Waals surface area contributed by atoms with Crippen molar-refractivity contribution in [3.05, 3.63) is 0 Å². The van der Waals surface area contributed by atoms with Crippen molar-refractivity contribution in [1.82, 2.24) is 0 Å². The molecule has 204 valence electrons. The first kappa shape index (κ1) is 141. The minimum atomic E-state index is -1.71. The predicted molar refractivity (Wildman–Crippen MR) is 123 cm³/mol. The number of carbonyl (C=O) groups is 2. The average Bonchev–Trinajstić information content (AvgIpc) is 2.48. The topological polar surface area (TPSA) is 212 Å². The molecule has 0 atom stereocenters. The molecule has 2 radical (unpaired) electrons. The molecule has 0 aliphatic rings. The van der Waals surface area contributed by atoms with Crippen molar-refractivity contribution in [1.29, 1.82) is 0 Å². The number of hydrogen-bond donors (Lipinski definition) is 1. The summed E-state index contributed by atoms with van der Waals surface area (Å²) in [6.45, 7) is 12.7. The van der Waals surface area contributed by atoms with Crippen LogP contribution < -0.4 is 0 Å². The molecular weight excluding hydrogens is 674 g/mol. The first-order valence-electron chi connectivity index (χ1n) is 5.15. The van der Waals surface area contributed by atoms with Crippen LogP contribution in [0.15, 0.2) is 0 Å². The van der Waals surface area contributed by atoms with E-state index in [1.165, 1.54) is 0 Å². The summed E-state index contributed by atoms with van der Waals surface area (Å²) in [4.78, 5) is 45.5. The molecule has 31 heavy (non-hydrogen) atoms. The Kier molecular flexibility index (Phi) is 784. The smallest absolute Gasteiger partial charge is 0.494 e. The summed E-state index contributed by atoms with van der Waals surface area (Å²) in [5.41, 5.74) is 0. The zero-order valence-corrected chi connectivity index (χ0v) is 21.1. The summed E-state index contributed by atoms with van der Waals surface area (Å²) in [6.07, 6.45) is -3.37. The second-order valence-corrected chi connectivity index (χ2v) is 1.01. The van der Waals surface area contributed by atoms with Crippen LogP contribution in [0.5, 0.6) is 0 Å². The second kappa shape index (κ2) is 173.